The summed E-state index contributed by atoms with van der Waals surface area (Å²) in [6.45, 7) is 5.61. The van der Waals surface area contributed by atoms with E-state index in [1.165, 1.54) is 12.1 Å². The summed E-state index contributed by atoms with van der Waals surface area (Å²) in [7, 11) is 0. The van der Waals surface area contributed by atoms with Crippen molar-refractivity contribution in [3.05, 3.63) is 29.0 Å². The molecule has 1 atom stereocenters. The van der Waals surface area contributed by atoms with Gasteiger partial charge in [0, 0.05) is 10.7 Å². The van der Waals surface area contributed by atoms with Crippen molar-refractivity contribution in [2.75, 3.05) is 5.32 Å². The van der Waals surface area contributed by atoms with Crippen molar-refractivity contribution in [1.82, 2.24) is 0 Å². The lowest BCUT2D eigenvalue weighted by atomic mass is 9.86. The molecule has 0 heterocycles. The van der Waals surface area contributed by atoms with Gasteiger partial charge in [0.25, 0.3) is 0 Å². The van der Waals surface area contributed by atoms with Crippen LogP contribution in [-0.2, 0) is 4.79 Å². The van der Waals surface area contributed by atoms with E-state index in [1.807, 2.05) is 20.8 Å². The summed E-state index contributed by atoms with van der Waals surface area (Å²) in [6, 6.07) is 3.42. The Balaban J connectivity index is 2.98. The molecule has 1 rings (SSSR count). The molecule has 0 saturated heterocycles. The highest BCUT2D eigenvalue weighted by Crippen LogP contribution is 2.25. The highest BCUT2D eigenvalue weighted by molar-refractivity contribution is 6.30. The number of benzene rings is 1. The van der Waals surface area contributed by atoms with Gasteiger partial charge in [0.2, 0.25) is 5.91 Å². The minimum atomic E-state index is -0.597. The molecule has 0 aliphatic rings. The smallest absolute Gasteiger partial charge is 0.240 e. The van der Waals surface area contributed by atoms with Crippen LogP contribution in [0.3, 0.4) is 0 Å². The Morgan fingerprint density at radius 2 is 2.00 bits per heavy atom. The molecule has 0 spiro atoms. The SMILES string of the molecule is CC(C)(C)C(Nc1cc(F)cc(Cl)c1)C(N)=O. The number of hydrogen-bond acceptors (Lipinski definition) is 2. The third-order valence-electron chi connectivity index (χ3n) is 2.32. The average Bonchev–Trinajstić information content (AvgIpc) is 2.10. The van der Waals surface area contributed by atoms with Crippen molar-refractivity contribution in [2.24, 2.45) is 11.1 Å². The van der Waals surface area contributed by atoms with Crippen LogP contribution < -0.4 is 11.1 Å². The van der Waals surface area contributed by atoms with Crippen LogP contribution in [0.1, 0.15) is 20.8 Å². The zero-order valence-electron chi connectivity index (χ0n) is 10.1. The molecule has 0 saturated carbocycles. The first-order valence-electron chi connectivity index (χ1n) is 5.22. The number of anilines is 1. The van der Waals surface area contributed by atoms with Crippen LogP contribution in [0.4, 0.5) is 10.1 Å². The Kier molecular flexibility index (Phi) is 3.98. The van der Waals surface area contributed by atoms with Crippen molar-refractivity contribution >= 4 is 23.2 Å². The molecule has 0 aliphatic carbocycles. The van der Waals surface area contributed by atoms with Gasteiger partial charge in [-0.05, 0) is 23.6 Å². The van der Waals surface area contributed by atoms with E-state index in [9.17, 15) is 9.18 Å². The quantitative estimate of drug-likeness (QED) is 0.876. The largest absolute Gasteiger partial charge is 0.373 e. The second-order valence-electron chi connectivity index (χ2n) is 5.00. The lowest BCUT2D eigenvalue weighted by Crippen LogP contribution is -2.45. The monoisotopic (exact) mass is 258 g/mol. The predicted molar refractivity (Wildman–Crippen MR) is 67.5 cm³/mol. The molecular formula is C12H16ClFN2O. The predicted octanol–water partition coefficient (Wildman–Crippen LogP) is 2.79. The van der Waals surface area contributed by atoms with Crippen LogP contribution in [0.15, 0.2) is 18.2 Å². The fourth-order valence-electron chi connectivity index (χ4n) is 1.52. The van der Waals surface area contributed by atoms with Crippen LogP contribution >= 0.6 is 11.6 Å². The Hall–Kier alpha value is -1.29. The number of halogens is 2. The molecule has 1 aromatic carbocycles. The van der Waals surface area contributed by atoms with E-state index in [2.05, 4.69) is 5.32 Å². The molecule has 3 nitrogen and oxygen atoms in total. The fraction of sp³-hybridized carbons (Fsp3) is 0.417. The Bertz CT molecular complexity index is 409. The number of carbonyl (C=O) groups excluding carboxylic acids is 1. The van der Waals surface area contributed by atoms with Crippen molar-refractivity contribution in [3.63, 3.8) is 0 Å². The minimum absolute atomic E-state index is 0.268. The molecule has 1 aromatic rings. The van der Waals surface area contributed by atoms with E-state index < -0.39 is 17.8 Å². The highest BCUT2D eigenvalue weighted by atomic mass is 35.5. The molecular weight excluding hydrogens is 243 g/mol. The summed E-state index contributed by atoms with van der Waals surface area (Å²) in [4.78, 5) is 11.4. The normalized spacial score (nSPS) is 13.2. The second-order valence-corrected chi connectivity index (χ2v) is 5.44. The summed E-state index contributed by atoms with van der Waals surface area (Å²) in [5.74, 6) is -0.949. The lowest BCUT2D eigenvalue weighted by Gasteiger charge is -2.29. The number of rotatable bonds is 3. The number of hydrogen-bond donors (Lipinski definition) is 2. The van der Waals surface area contributed by atoms with Crippen LogP contribution in [0.25, 0.3) is 0 Å². The topological polar surface area (TPSA) is 55.1 Å². The Labute approximate surface area is 105 Å². The summed E-state index contributed by atoms with van der Waals surface area (Å²) < 4.78 is 13.1. The standard InChI is InChI=1S/C12H16ClFN2O/c1-12(2,3)10(11(15)17)16-9-5-7(13)4-8(14)6-9/h4-6,10,16H,1-3H3,(H2,15,17). The molecule has 0 aliphatic heterocycles. The molecule has 17 heavy (non-hydrogen) atoms. The van der Waals surface area contributed by atoms with Crippen LogP contribution in [0, 0.1) is 11.2 Å². The molecule has 0 radical (unpaired) electrons. The van der Waals surface area contributed by atoms with Gasteiger partial charge in [-0.15, -0.1) is 0 Å². The van der Waals surface area contributed by atoms with Gasteiger partial charge in [-0.1, -0.05) is 32.4 Å². The number of amides is 1. The summed E-state index contributed by atoms with van der Waals surface area (Å²) in [5.41, 5.74) is 5.39. The van der Waals surface area contributed by atoms with Crippen LogP contribution in [0.2, 0.25) is 5.02 Å². The van der Waals surface area contributed by atoms with Gasteiger partial charge < -0.3 is 11.1 Å². The maximum absolute atomic E-state index is 13.1. The second kappa shape index (κ2) is 4.92. The maximum Gasteiger partial charge on any atom is 0.240 e. The van der Waals surface area contributed by atoms with Crippen molar-refractivity contribution in [3.8, 4) is 0 Å². The molecule has 0 aromatic heterocycles. The van der Waals surface area contributed by atoms with Crippen LogP contribution in [-0.4, -0.2) is 11.9 Å². The van der Waals surface area contributed by atoms with Gasteiger partial charge in [-0.2, -0.15) is 0 Å². The molecule has 94 valence electrons. The van der Waals surface area contributed by atoms with E-state index >= 15 is 0 Å². The summed E-state index contributed by atoms with van der Waals surface area (Å²) in [6.07, 6.45) is 0. The van der Waals surface area contributed by atoms with Crippen molar-refractivity contribution in [1.29, 1.82) is 0 Å². The summed E-state index contributed by atoms with van der Waals surface area (Å²) in [5, 5.41) is 3.17. The first-order chi connectivity index (χ1) is 7.70. The summed E-state index contributed by atoms with van der Waals surface area (Å²) >= 11 is 5.73. The molecule has 0 bridgehead atoms. The zero-order valence-corrected chi connectivity index (χ0v) is 10.8. The van der Waals surface area contributed by atoms with Gasteiger partial charge in [0.15, 0.2) is 0 Å². The first-order valence-corrected chi connectivity index (χ1v) is 5.60. The van der Waals surface area contributed by atoms with E-state index in [0.29, 0.717) is 5.69 Å². The van der Waals surface area contributed by atoms with E-state index in [4.69, 9.17) is 17.3 Å². The number of nitrogens with two attached hydrogens (primary N) is 1. The van der Waals surface area contributed by atoms with E-state index in [1.54, 1.807) is 6.07 Å². The maximum atomic E-state index is 13.1. The zero-order chi connectivity index (χ0) is 13.2. The molecule has 1 amide bonds. The van der Waals surface area contributed by atoms with Crippen molar-refractivity contribution in [2.45, 2.75) is 26.8 Å². The number of carbonyl (C=O) groups is 1. The highest BCUT2D eigenvalue weighted by Gasteiger charge is 2.29. The van der Waals surface area contributed by atoms with Gasteiger partial charge in [0.05, 0.1) is 0 Å². The third-order valence-corrected chi connectivity index (χ3v) is 2.54. The molecule has 1 unspecified atom stereocenters. The first kappa shape index (κ1) is 13.8. The average molecular weight is 259 g/mol. The third kappa shape index (κ3) is 3.89. The molecule has 3 N–H and O–H groups in total. The Morgan fingerprint density at radius 3 is 2.41 bits per heavy atom. The van der Waals surface area contributed by atoms with Gasteiger partial charge in [0.1, 0.15) is 11.9 Å². The van der Waals surface area contributed by atoms with Crippen molar-refractivity contribution < 1.29 is 9.18 Å². The minimum Gasteiger partial charge on any atom is -0.373 e. The van der Waals surface area contributed by atoms with Gasteiger partial charge >= 0.3 is 0 Å². The van der Waals surface area contributed by atoms with E-state index in [-0.39, 0.29) is 10.4 Å². The number of primary amides is 1. The van der Waals surface area contributed by atoms with Gasteiger partial charge in [-0.25, -0.2) is 4.39 Å². The fourth-order valence-corrected chi connectivity index (χ4v) is 1.74. The molecule has 0 fully saturated rings. The van der Waals surface area contributed by atoms with E-state index in [0.717, 1.165) is 0 Å². The number of nitrogens with one attached hydrogen (secondary N) is 1. The molecule has 5 heteroatoms. The van der Waals surface area contributed by atoms with Gasteiger partial charge in [-0.3, -0.25) is 4.79 Å². The Morgan fingerprint density at radius 1 is 1.41 bits per heavy atom. The van der Waals surface area contributed by atoms with Crippen LogP contribution in [0.5, 0.6) is 0 Å². The lowest BCUT2D eigenvalue weighted by molar-refractivity contribution is -0.120.